The quantitative estimate of drug-likeness (QED) is 0.674. The van der Waals surface area contributed by atoms with Gasteiger partial charge in [-0.25, -0.2) is 12.7 Å². The van der Waals surface area contributed by atoms with Crippen molar-refractivity contribution in [2.45, 2.75) is 44.3 Å². The van der Waals surface area contributed by atoms with Crippen LogP contribution in [0, 0.1) is 0 Å². The molecule has 17 heavy (non-hydrogen) atoms. The van der Waals surface area contributed by atoms with Gasteiger partial charge in [-0.1, -0.05) is 19.8 Å². The maximum absolute atomic E-state index is 12.2. The van der Waals surface area contributed by atoms with Crippen molar-refractivity contribution in [3.63, 3.8) is 0 Å². The molecule has 6 heteroatoms. The van der Waals surface area contributed by atoms with Crippen LogP contribution in [0.1, 0.15) is 39.0 Å². The second kappa shape index (κ2) is 6.35. The summed E-state index contributed by atoms with van der Waals surface area (Å²) in [6.45, 7) is 2.43. The van der Waals surface area contributed by atoms with Gasteiger partial charge in [0.15, 0.2) is 0 Å². The van der Waals surface area contributed by atoms with Crippen LogP contribution >= 0.6 is 0 Å². The van der Waals surface area contributed by atoms with Crippen molar-refractivity contribution >= 4 is 16.0 Å². The summed E-state index contributed by atoms with van der Waals surface area (Å²) in [6, 6.07) is 0. The molecule has 1 aliphatic rings. The van der Waals surface area contributed by atoms with E-state index in [9.17, 15) is 13.2 Å². The molecule has 1 aliphatic carbocycles. The highest BCUT2D eigenvalue weighted by Gasteiger charge is 2.33. The van der Waals surface area contributed by atoms with Crippen LogP contribution in [0.5, 0.6) is 0 Å². The fraction of sp³-hybridized carbons (Fsp3) is 0.909. The van der Waals surface area contributed by atoms with E-state index < -0.39 is 10.0 Å². The van der Waals surface area contributed by atoms with Gasteiger partial charge in [0.2, 0.25) is 10.0 Å². The lowest BCUT2D eigenvalue weighted by molar-refractivity contribution is -0.140. The molecule has 0 aliphatic heterocycles. The predicted molar refractivity (Wildman–Crippen MR) is 65.1 cm³/mol. The Morgan fingerprint density at radius 3 is 2.41 bits per heavy atom. The molecular weight excluding hydrogens is 242 g/mol. The van der Waals surface area contributed by atoms with Crippen LogP contribution < -0.4 is 0 Å². The number of sulfonamides is 1. The van der Waals surface area contributed by atoms with Crippen molar-refractivity contribution in [3.05, 3.63) is 0 Å². The highest BCUT2D eigenvalue weighted by molar-refractivity contribution is 7.89. The summed E-state index contributed by atoms with van der Waals surface area (Å²) in [7, 11) is -1.92. The Balaban J connectivity index is 2.62. The number of carbonyl (C=O) groups excluding carboxylic acids is 1. The van der Waals surface area contributed by atoms with Crippen LogP contribution in [0.15, 0.2) is 0 Å². The van der Waals surface area contributed by atoms with Crippen molar-refractivity contribution in [2.75, 3.05) is 20.2 Å². The lowest BCUT2D eigenvalue weighted by atomic mass is 10.4. The van der Waals surface area contributed by atoms with Gasteiger partial charge in [-0.15, -0.1) is 0 Å². The van der Waals surface area contributed by atoms with Gasteiger partial charge in [0.05, 0.1) is 18.8 Å². The number of hydrogen-bond donors (Lipinski definition) is 0. The molecule has 0 atom stereocenters. The zero-order valence-corrected chi connectivity index (χ0v) is 11.3. The number of nitrogens with zero attached hydrogens (tertiary/aromatic N) is 1. The van der Waals surface area contributed by atoms with Crippen LogP contribution in [0.2, 0.25) is 0 Å². The largest absolute Gasteiger partial charge is 0.469 e. The standard InChI is InChI=1S/C11H21NO4S/c1-3-12(9-8-11(13)16-2)17(14,15)10-6-4-5-7-10/h10H,3-9H2,1-2H3. The summed E-state index contributed by atoms with van der Waals surface area (Å²) in [5.41, 5.74) is 0. The van der Waals surface area contributed by atoms with Crippen molar-refractivity contribution in [3.8, 4) is 0 Å². The zero-order chi connectivity index (χ0) is 12.9. The Labute approximate surface area is 103 Å². The van der Waals surface area contributed by atoms with Crippen molar-refractivity contribution in [1.82, 2.24) is 4.31 Å². The molecule has 5 nitrogen and oxygen atoms in total. The summed E-state index contributed by atoms with van der Waals surface area (Å²) in [5, 5.41) is -0.250. The van der Waals surface area contributed by atoms with Crippen molar-refractivity contribution < 1.29 is 17.9 Å². The number of rotatable bonds is 6. The minimum atomic E-state index is -3.23. The van der Waals surface area contributed by atoms with Crippen molar-refractivity contribution in [1.29, 1.82) is 0 Å². The summed E-state index contributed by atoms with van der Waals surface area (Å²) in [6.07, 6.45) is 3.58. The van der Waals surface area contributed by atoms with Crippen LogP contribution in [0.4, 0.5) is 0 Å². The Bertz CT molecular complexity index is 346. The van der Waals surface area contributed by atoms with E-state index in [1.165, 1.54) is 11.4 Å². The average molecular weight is 263 g/mol. The molecule has 0 radical (unpaired) electrons. The van der Waals surface area contributed by atoms with E-state index in [-0.39, 0.29) is 24.2 Å². The molecule has 1 fully saturated rings. The topological polar surface area (TPSA) is 63.7 Å². The molecule has 0 unspecified atom stereocenters. The van der Waals surface area contributed by atoms with E-state index in [2.05, 4.69) is 4.74 Å². The third kappa shape index (κ3) is 3.67. The van der Waals surface area contributed by atoms with E-state index in [0.29, 0.717) is 6.54 Å². The monoisotopic (exact) mass is 263 g/mol. The van der Waals surface area contributed by atoms with Gasteiger partial charge in [0, 0.05) is 13.1 Å². The van der Waals surface area contributed by atoms with Crippen LogP contribution in [0.3, 0.4) is 0 Å². The summed E-state index contributed by atoms with van der Waals surface area (Å²) in [4.78, 5) is 11.0. The molecule has 0 spiro atoms. The van der Waals surface area contributed by atoms with E-state index in [1.807, 2.05) is 0 Å². The number of methoxy groups -OCH3 is 1. The minimum absolute atomic E-state index is 0.121. The molecule has 0 aromatic rings. The SMILES string of the molecule is CCN(CCC(=O)OC)S(=O)(=O)C1CCCC1. The highest BCUT2D eigenvalue weighted by Crippen LogP contribution is 2.27. The highest BCUT2D eigenvalue weighted by atomic mass is 32.2. The molecule has 1 rings (SSSR count). The van der Waals surface area contributed by atoms with Crippen LogP contribution in [-0.4, -0.2) is 44.1 Å². The lowest BCUT2D eigenvalue weighted by Gasteiger charge is -2.23. The van der Waals surface area contributed by atoms with E-state index in [4.69, 9.17) is 0 Å². The third-order valence-corrected chi connectivity index (χ3v) is 5.70. The molecule has 0 bridgehead atoms. The number of carbonyl (C=O) groups is 1. The van der Waals surface area contributed by atoms with Gasteiger partial charge in [0.25, 0.3) is 0 Å². The first-order valence-electron chi connectivity index (χ1n) is 6.08. The summed E-state index contributed by atoms with van der Waals surface area (Å²) in [5.74, 6) is -0.370. The number of esters is 1. The fourth-order valence-electron chi connectivity index (χ4n) is 2.18. The molecule has 1 saturated carbocycles. The minimum Gasteiger partial charge on any atom is -0.469 e. The molecule has 0 amide bonds. The molecule has 0 heterocycles. The molecule has 0 saturated heterocycles. The molecule has 0 N–H and O–H groups in total. The van der Waals surface area contributed by atoms with Gasteiger partial charge < -0.3 is 4.74 Å². The van der Waals surface area contributed by atoms with Gasteiger partial charge in [-0.3, -0.25) is 4.79 Å². The van der Waals surface area contributed by atoms with E-state index in [1.54, 1.807) is 6.92 Å². The molecule has 100 valence electrons. The second-order valence-electron chi connectivity index (χ2n) is 4.27. The maximum atomic E-state index is 12.2. The first kappa shape index (κ1) is 14.4. The third-order valence-electron chi connectivity index (χ3n) is 3.23. The van der Waals surface area contributed by atoms with Gasteiger partial charge in [0.1, 0.15) is 0 Å². The normalized spacial score (nSPS) is 17.6. The number of hydrogen-bond acceptors (Lipinski definition) is 4. The first-order chi connectivity index (χ1) is 8.02. The van der Waals surface area contributed by atoms with Gasteiger partial charge in [-0.05, 0) is 12.8 Å². The lowest BCUT2D eigenvalue weighted by Crippen LogP contribution is -2.38. The Kier molecular flexibility index (Phi) is 5.39. The van der Waals surface area contributed by atoms with Crippen molar-refractivity contribution in [2.24, 2.45) is 0 Å². The first-order valence-corrected chi connectivity index (χ1v) is 7.58. The maximum Gasteiger partial charge on any atom is 0.306 e. The summed E-state index contributed by atoms with van der Waals surface area (Å²) < 4.78 is 30.4. The average Bonchev–Trinajstić information content (AvgIpc) is 2.83. The molecular formula is C11H21NO4S. The Morgan fingerprint density at radius 1 is 1.35 bits per heavy atom. The second-order valence-corrected chi connectivity index (χ2v) is 6.48. The predicted octanol–water partition coefficient (Wildman–Crippen LogP) is 1.14. The van der Waals surface area contributed by atoms with Gasteiger partial charge in [-0.2, -0.15) is 0 Å². The zero-order valence-electron chi connectivity index (χ0n) is 10.5. The van der Waals surface area contributed by atoms with Crippen LogP contribution in [-0.2, 0) is 19.6 Å². The Hall–Kier alpha value is -0.620. The Morgan fingerprint density at radius 2 is 1.94 bits per heavy atom. The smallest absolute Gasteiger partial charge is 0.306 e. The fourth-order valence-corrected chi connectivity index (χ4v) is 4.24. The van der Waals surface area contributed by atoms with Gasteiger partial charge >= 0.3 is 5.97 Å². The summed E-state index contributed by atoms with van der Waals surface area (Å²) >= 11 is 0. The van der Waals surface area contributed by atoms with E-state index >= 15 is 0 Å². The number of ether oxygens (including phenoxy) is 1. The molecule has 0 aromatic heterocycles. The molecule has 0 aromatic carbocycles. The van der Waals surface area contributed by atoms with Crippen LogP contribution in [0.25, 0.3) is 0 Å². The van der Waals surface area contributed by atoms with E-state index in [0.717, 1.165) is 25.7 Å².